The molecule has 3 N–H and O–H groups in total. The van der Waals surface area contributed by atoms with Gasteiger partial charge >= 0.3 is 0 Å². The van der Waals surface area contributed by atoms with E-state index in [1.807, 2.05) is 6.08 Å². The first-order chi connectivity index (χ1) is 27.7. The Morgan fingerprint density at radius 3 is 1.04 bits per heavy atom. The second-order valence-corrected chi connectivity index (χ2v) is 17.2. The molecule has 0 fully saturated rings. The molecule has 0 aromatic carbocycles. The van der Waals surface area contributed by atoms with Gasteiger partial charge in [0.1, 0.15) is 0 Å². The van der Waals surface area contributed by atoms with Crippen molar-refractivity contribution in [1.29, 1.82) is 0 Å². The van der Waals surface area contributed by atoms with Crippen LogP contribution in [0.1, 0.15) is 271 Å². The van der Waals surface area contributed by atoms with Crippen molar-refractivity contribution >= 4 is 5.91 Å². The molecule has 4 heteroatoms. The summed E-state index contributed by atoms with van der Waals surface area (Å²) < 4.78 is 0. The zero-order valence-electron chi connectivity index (χ0n) is 37.9. The molecule has 0 aromatic rings. The summed E-state index contributed by atoms with van der Waals surface area (Å²) in [6.07, 6.45) is 64.2. The van der Waals surface area contributed by atoms with Crippen molar-refractivity contribution in [1.82, 2.24) is 5.32 Å². The van der Waals surface area contributed by atoms with E-state index in [0.717, 1.165) is 32.1 Å². The predicted molar refractivity (Wildman–Crippen MR) is 248 cm³/mol. The molecule has 0 bridgehead atoms. The Labute approximate surface area is 351 Å². The van der Waals surface area contributed by atoms with Crippen LogP contribution < -0.4 is 5.32 Å². The molecule has 56 heavy (non-hydrogen) atoms. The van der Waals surface area contributed by atoms with Gasteiger partial charge in [-0.2, -0.15) is 0 Å². The van der Waals surface area contributed by atoms with E-state index in [1.165, 1.54) is 218 Å². The highest BCUT2D eigenvalue weighted by atomic mass is 16.3. The van der Waals surface area contributed by atoms with Gasteiger partial charge < -0.3 is 15.5 Å². The number of allylic oxidation sites excluding steroid dienone is 5. The number of carbonyl (C=O) groups excluding carboxylic acids is 1. The molecule has 4 nitrogen and oxygen atoms in total. The lowest BCUT2D eigenvalue weighted by Gasteiger charge is -2.19. The molecule has 0 heterocycles. The summed E-state index contributed by atoms with van der Waals surface area (Å²) in [4.78, 5) is 12.4. The standard InChI is InChI=1S/C52H99NO3/c1-3-5-7-9-11-13-15-17-19-21-23-25-26-28-30-32-34-36-38-40-42-44-46-48-52(56)53-50(49-54)51(55)47-45-43-41-39-37-35-33-31-29-27-24-22-20-18-16-14-12-10-8-6-4-2/h28,30,37,39,45,47,50-51,54-55H,3-27,29,31-36,38,40-44,46,48-49H2,1-2H3,(H,53,56)/b30-28-,39-37+,47-45+. The highest BCUT2D eigenvalue weighted by Gasteiger charge is 2.17. The lowest BCUT2D eigenvalue weighted by atomic mass is 10.0. The third kappa shape index (κ3) is 43.7. The molecule has 0 radical (unpaired) electrons. The highest BCUT2D eigenvalue weighted by molar-refractivity contribution is 5.76. The summed E-state index contributed by atoms with van der Waals surface area (Å²) in [5.74, 6) is -0.0754. The van der Waals surface area contributed by atoms with E-state index in [2.05, 4.69) is 43.5 Å². The normalized spacial score (nSPS) is 13.1. The Bertz CT molecular complexity index is 851. The van der Waals surface area contributed by atoms with Crippen LogP contribution in [0.15, 0.2) is 36.5 Å². The highest BCUT2D eigenvalue weighted by Crippen LogP contribution is 2.16. The second kappa shape index (κ2) is 48.0. The van der Waals surface area contributed by atoms with Crippen LogP contribution in [0.3, 0.4) is 0 Å². The number of nitrogens with one attached hydrogen (secondary N) is 1. The first kappa shape index (κ1) is 54.6. The molecule has 0 saturated heterocycles. The van der Waals surface area contributed by atoms with Crippen molar-refractivity contribution in [2.75, 3.05) is 6.61 Å². The van der Waals surface area contributed by atoms with Gasteiger partial charge in [0.05, 0.1) is 18.8 Å². The van der Waals surface area contributed by atoms with Gasteiger partial charge in [-0.15, -0.1) is 0 Å². The zero-order chi connectivity index (χ0) is 40.7. The van der Waals surface area contributed by atoms with E-state index >= 15 is 0 Å². The minimum atomic E-state index is -0.863. The molecule has 0 aliphatic heterocycles. The van der Waals surface area contributed by atoms with Crippen LogP contribution in [-0.4, -0.2) is 34.9 Å². The second-order valence-electron chi connectivity index (χ2n) is 17.2. The summed E-state index contributed by atoms with van der Waals surface area (Å²) in [7, 11) is 0. The molecule has 0 aliphatic carbocycles. The topological polar surface area (TPSA) is 69.6 Å². The third-order valence-electron chi connectivity index (χ3n) is 11.6. The molecule has 330 valence electrons. The maximum absolute atomic E-state index is 12.4. The first-order valence-electron chi connectivity index (χ1n) is 25.2. The maximum Gasteiger partial charge on any atom is 0.220 e. The summed E-state index contributed by atoms with van der Waals surface area (Å²) in [5.41, 5.74) is 0. The summed E-state index contributed by atoms with van der Waals surface area (Å²) in [6.45, 7) is 4.32. The predicted octanol–water partition coefficient (Wildman–Crippen LogP) is 16.1. The van der Waals surface area contributed by atoms with Gasteiger partial charge in [-0.05, 0) is 57.8 Å². The Hall–Kier alpha value is -1.39. The van der Waals surface area contributed by atoms with Crippen LogP contribution >= 0.6 is 0 Å². The summed E-state index contributed by atoms with van der Waals surface area (Å²) in [6, 6.07) is -0.641. The van der Waals surface area contributed by atoms with Crippen molar-refractivity contribution in [3.8, 4) is 0 Å². The molecule has 1 amide bonds. The maximum atomic E-state index is 12.4. The van der Waals surface area contributed by atoms with Gasteiger partial charge in [-0.25, -0.2) is 0 Å². The minimum absolute atomic E-state index is 0.0754. The molecule has 0 saturated carbocycles. The largest absolute Gasteiger partial charge is 0.394 e. The van der Waals surface area contributed by atoms with E-state index in [1.54, 1.807) is 6.08 Å². The van der Waals surface area contributed by atoms with Gasteiger partial charge in [0.2, 0.25) is 5.91 Å². The number of aliphatic hydroxyl groups is 2. The van der Waals surface area contributed by atoms with Crippen LogP contribution in [-0.2, 0) is 4.79 Å². The van der Waals surface area contributed by atoms with E-state index in [-0.39, 0.29) is 12.5 Å². The number of amides is 1. The van der Waals surface area contributed by atoms with Crippen LogP contribution in [0.5, 0.6) is 0 Å². The smallest absolute Gasteiger partial charge is 0.220 e. The lowest BCUT2D eigenvalue weighted by molar-refractivity contribution is -0.123. The SMILES string of the molecule is CCCCCCCCCCCCCC/C=C\CCCCCCCCCC(=O)NC(CO)C(O)/C=C/CC/C=C/CCCCCCCCCCCCCCCCC. The van der Waals surface area contributed by atoms with Crippen molar-refractivity contribution in [3.05, 3.63) is 36.5 Å². The average molecular weight is 786 g/mol. The molecule has 0 spiro atoms. The number of hydrogen-bond donors (Lipinski definition) is 3. The van der Waals surface area contributed by atoms with Crippen LogP contribution in [0.25, 0.3) is 0 Å². The number of hydrogen-bond acceptors (Lipinski definition) is 3. The van der Waals surface area contributed by atoms with E-state index in [4.69, 9.17) is 0 Å². The van der Waals surface area contributed by atoms with Crippen molar-refractivity contribution < 1.29 is 15.0 Å². The number of aliphatic hydroxyl groups excluding tert-OH is 2. The fourth-order valence-corrected chi connectivity index (χ4v) is 7.72. The quantitative estimate of drug-likeness (QED) is 0.0425. The van der Waals surface area contributed by atoms with Crippen molar-refractivity contribution in [2.45, 2.75) is 283 Å². The average Bonchev–Trinajstić information content (AvgIpc) is 3.20. The van der Waals surface area contributed by atoms with E-state index in [9.17, 15) is 15.0 Å². The van der Waals surface area contributed by atoms with Crippen LogP contribution in [0.2, 0.25) is 0 Å². The summed E-state index contributed by atoms with van der Waals surface area (Å²) >= 11 is 0. The number of unbranched alkanes of at least 4 members (excludes halogenated alkanes) is 35. The Morgan fingerprint density at radius 2 is 0.696 bits per heavy atom. The summed E-state index contributed by atoms with van der Waals surface area (Å²) in [5, 5.41) is 23.1. The zero-order valence-corrected chi connectivity index (χ0v) is 37.9. The van der Waals surface area contributed by atoms with Crippen LogP contribution in [0, 0.1) is 0 Å². The van der Waals surface area contributed by atoms with E-state index in [0.29, 0.717) is 6.42 Å². The van der Waals surface area contributed by atoms with Gasteiger partial charge in [0.15, 0.2) is 0 Å². The monoisotopic (exact) mass is 786 g/mol. The number of carbonyl (C=O) groups is 1. The van der Waals surface area contributed by atoms with Crippen molar-refractivity contribution in [3.63, 3.8) is 0 Å². The number of rotatable bonds is 46. The molecule has 2 unspecified atom stereocenters. The van der Waals surface area contributed by atoms with Crippen molar-refractivity contribution in [2.24, 2.45) is 0 Å². The van der Waals surface area contributed by atoms with Gasteiger partial charge in [-0.1, -0.05) is 243 Å². The minimum Gasteiger partial charge on any atom is -0.394 e. The van der Waals surface area contributed by atoms with Gasteiger partial charge in [0, 0.05) is 6.42 Å². The molecule has 0 aromatic heterocycles. The first-order valence-corrected chi connectivity index (χ1v) is 25.2. The Balaban J connectivity index is 3.56. The van der Waals surface area contributed by atoms with Gasteiger partial charge in [-0.3, -0.25) is 4.79 Å². The molecular formula is C52H99NO3. The molecule has 2 atom stereocenters. The molecule has 0 rings (SSSR count). The van der Waals surface area contributed by atoms with Gasteiger partial charge in [0.25, 0.3) is 0 Å². The molecule has 0 aliphatic rings. The Kier molecular flexibility index (Phi) is 46.8. The lowest BCUT2D eigenvalue weighted by Crippen LogP contribution is -2.45. The fourth-order valence-electron chi connectivity index (χ4n) is 7.72. The third-order valence-corrected chi connectivity index (χ3v) is 11.6. The fraction of sp³-hybridized carbons (Fsp3) is 0.865. The Morgan fingerprint density at radius 1 is 0.411 bits per heavy atom. The van der Waals surface area contributed by atoms with Crippen LogP contribution in [0.4, 0.5) is 0 Å². The van der Waals surface area contributed by atoms with E-state index < -0.39 is 12.1 Å². The molecular weight excluding hydrogens is 687 g/mol.